The average molecular weight is 376 g/mol. The first-order chi connectivity index (χ1) is 12.5. The Morgan fingerprint density at radius 1 is 1.27 bits per heavy atom. The van der Waals surface area contributed by atoms with Crippen LogP contribution >= 0.6 is 11.6 Å². The van der Waals surface area contributed by atoms with Crippen molar-refractivity contribution in [2.75, 3.05) is 13.2 Å². The summed E-state index contributed by atoms with van der Waals surface area (Å²) < 4.78 is 12.9. The maximum Gasteiger partial charge on any atom is 0.338 e. The van der Waals surface area contributed by atoms with Crippen molar-refractivity contribution in [2.24, 2.45) is 0 Å². The minimum atomic E-state index is -0.539. The molecule has 0 bridgehead atoms. The van der Waals surface area contributed by atoms with Gasteiger partial charge in [0.2, 0.25) is 5.78 Å². The zero-order chi connectivity index (χ0) is 18.7. The van der Waals surface area contributed by atoms with Gasteiger partial charge < -0.3 is 14.0 Å². The van der Waals surface area contributed by atoms with E-state index in [9.17, 15) is 9.59 Å². The van der Waals surface area contributed by atoms with E-state index in [1.54, 1.807) is 24.3 Å². The molecule has 3 rings (SSSR count). The van der Waals surface area contributed by atoms with E-state index in [0.717, 1.165) is 37.4 Å². The van der Waals surface area contributed by atoms with Gasteiger partial charge in [-0.1, -0.05) is 11.6 Å². The molecule has 5 nitrogen and oxygen atoms in total. The van der Waals surface area contributed by atoms with Crippen LogP contribution in [-0.2, 0) is 16.0 Å². The Kier molecular flexibility index (Phi) is 5.79. The maximum absolute atomic E-state index is 12.5. The summed E-state index contributed by atoms with van der Waals surface area (Å²) in [5.41, 5.74) is 2.84. The first kappa shape index (κ1) is 18.7. The largest absolute Gasteiger partial charge is 0.454 e. The molecule has 0 amide bonds. The first-order valence-electron chi connectivity index (χ1n) is 8.70. The Morgan fingerprint density at radius 2 is 2.00 bits per heavy atom. The molecule has 0 saturated carbocycles. The third-order valence-corrected chi connectivity index (χ3v) is 4.95. The summed E-state index contributed by atoms with van der Waals surface area (Å²) >= 11 is 5.80. The zero-order valence-corrected chi connectivity index (χ0v) is 15.7. The van der Waals surface area contributed by atoms with Gasteiger partial charge in [0.25, 0.3) is 0 Å². The van der Waals surface area contributed by atoms with Crippen LogP contribution in [0.25, 0.3) is 0 Å². The minimum Gasteiger partial charge on any atom is -0.454 e. The third-order valence-electron chi connectivity index (χ3n) is 4.70. The number of aryl methyl sites for hydroxylation is 1. The van der Waals surface area contributed by atoms with Crippen molar-refractivity contribution in [2.45, 2.75) is 39.3 Å². The van der Waals surface area contributed by atoms with Crippen LogP contribution in [0.5, 0.6) is 0 Å². The molecule has 0 spiro atoms. The highest BCUT2D eigenvalue weighted by Gasteiger charge is 2.21. The standard InChI is InChI=1S/C20H22ClNO4/c1-13-10-18(14(2)22(13)11-17-4-3-9-25-17)19(23)12-26-20(24)15-5-7-16(21)8-6-15/h5-8,10,17H,3-4,9,11-12H2,1-2H3. The number of halogens is 1. The highest BCUT2D eigenvalue weighted by molar-refractivity contribution is 6.30. The molecule has 0 N–H and O–H groups in total. The number of hydrogen-bond acceptors (Lipinski definition) is 4. The summed E-state index contributed by atoms with van der Waals surface area (Å²) in [6, 6.07) is 8.21. The molecule has 26 heavy (non-hydrogen) atoms. The molecule has 2 heterocycles. The summed E-state index contributed by atoms with van der Waals surface area (Å²) in [7, 11) is 0. The molecule has 1 atom stereocenters. The van der Waals surface area contributed by atoms with Crippen molar-refractivity contribution in [3.8, 4) is 0 Å². The van der Waals surface area contributed by atoms with Crippen LogP contribution < -0.4 is 0 Å². The number of carbonyl (C=O) groups is 2. The van der Waals surface area contributed by atoms with E-state index in [0.29, 0.717) is 16.1 Å². The number of benzene rings is 1. The van der Waals surface area contributed by atoms with Gasteiger partial charge >= 0.3 is 5.97 Å². The van der Waals surface area contributed by atoms with Gasteiger partial charge in [-0.3, -0.25) is 4.79 Å². The normalized spacial score (nSPS) is 16.7. The van der Waals surface area contributed by atoms with Crippen molar-refractivity contribution < 1.29 is 19.1 Å². The Morgan fingerprint density at radius 3 is 2.65 bits per heavy atom. The van der Waals surface area contributed by atoms with Gasteiger partial charge in [-0.2, -0.15) is 0 Å². The van der Waals surface area contributed by atoms with Gasteiger partial charge in [-0.25, -0.2) is 4.79 Å². The summed E-state index contributed by atoms with van der Waals surface area (Å²) in [6.45, 7) is 5.15. The molecule has 1 fully saturated rings. The van der Waals surface area contributed by atoms with E-state index in [1.807, 2.05) is 19.9 Å². The fourth-order valence-corrected chi connectivity index (χ4v) is 3.36. The van der Waals surface area contributed by atoms with Crippen molar-refractivity contribution >= 4 is 23.4 Å². The van der Waals surface area contributed by atoms with Crippen LogP contribution in [0.15, 0.2) is 30.3 Å². The van der Waals surface area contributed by atoms with E-state index in [-0.39, 0.29) is 18.5 Å². The van der Waals surface area contributed by atoms with Gasteiger partial charge in [-0.15, -0.1) is 0 Å². The van der Waals surface area contributed by atoms with Crippen molar-refractivity contribution in [3.63, 3.8) is 0 Å². The predicted molar refractivity (Wildman–Crippen MR) is 98.9 cm³/mol. The maximum atomic E-state index is 12.5. The summed E-state index contributed by atoms with van der Waals surface area (Å²) in [4.78, 5) is 24.6. The summed E-state index contributed by atoms with van der Waals surface area (Å²) in [6.07, 6.45) is 2.32. The van der Waals surface area contributed by atoms with E-state index in [1.165, 1.54) is 0 Å². The number of ketones is 1. The van der Waals surface area contributed by atoms with E-state index in [2.05, 4.69) is 4.57 Å². The molecule has 1 unspecified atom stereocenters. The van der Waals surface area contributed by atoms with Gasteiger partial charge in [0.1, 0.15) is 0 Å². The highest BCUT2D eigenvalue weighted by atomic mass is 35.5. The van der Waals surface area contributed by atoms with Crippen LogP contribution in [0.4, 0.5) is 0 Å². The number of carbonyl (C=O) groups excluding carboxylic acids is 2. The number of rotatable bonds is 6. The third kappa shape index (κ3) is 4.17. The predicted octanol–water partition coefficient (Wildman–Crippen LogP) is 3.98. The molecular formula is C20H22ClNO4. The number of hydrogen-bond donors (Lipinski definition) is 0. The lowest BCUT2D eigenvalue weighted by Crippen LogP contribution is -2.18. The molecule has 6 heteroatoms. The van der Waals surface area contributed by atoms with Gasteiger partial charge in [0, 0.05) is 35.1 Å². The average Bonchev–Trinajstić information content (AvgIpc) is 3.24. The molecule has 1 aromatic heterocycles. The second-order valence-electron chi connectivity index (χ2n) is 6.54. The Balaban J connectivity index is 1.64. The lowest BCUT2D eigenvalue weighted by Gasteiger charge is -2.14. The quantitative estimate of drug-likeness (QED) is 0.566. The Labute approximate surface area is 157 Å². The number of aromatic nitrogens is 1. The number of nitrogens with zero attached hydrogens (tertiary/aromatic N) is 1. The SMILES string of the molecule is Cc1cc(C(=O)COC(=O)c2ccc(Cl)cc2)c(C)n1CC1CCCO1. The minimum absolute atomic E-state index is 0.200. The van der Waals surface area contributed by atoms with Crippen LogP contribution in [0.1, 0.15) is 44.9 Å². The number of Topliss-reactive ketones (excluding diaryl/α,β-unsaturated/α-hetero) is 1. The van der Waals surface area contributed by atoms with Gasteiger partial charge in [0.15, 0.2) is 6.61 Å². The molecule has 1 saturated heterocycles. The number of esters is 1. The smallest absolute Gasteiger partial charge is 0.338 e. The van der Waals surface area contributed by atoms with Crippen LogP contribution in [0.3, 0.4) is 0 Å². The summed E-state index contributed by atoms with van der Waals surface area (Å²) in [5.74, 6) is -0.748. The van der Waals surface area contributed by atoms with Crippen molar-refractivity contribution in [1.82, 2.24) is 4.57 Å². The van der Waals surface area contributed by atoms with E-state index in [4.69, 9.17) is 21.1 Å². The molecular weight excluding hydrogens is 354 g/mol. The fraction of sp³-hybridized carbons (Fsp3) is 0.400. The van der Waals surface area contributed by atoms with Crippen LogP contribution in [0, 0.1) is 13.8 Å². The molecule has 0 radical (unpaired) electrons. The Bertz CT molecular complexity index is 804. The molecule has 138 valence electrons. The molecule has 1 aliphatic heterocycles. The van der Waals surface area contributed by atoms with Gasteiger partial charge in [-0.05, 0) is 57.0 Å². The van der Waals surface area contributed by atoms with Crippen molar-refractivity contribution in [3.05, 3.63) is 57.9 Å². The second kappa shape index (κ2) is 8.06. The van der Waals surface area contributed by atoms with Crippen LogP contribution in [-0.4, -0.2) is 35.6 Å². The monoisotopic (exact) mass is 375 g/mol. The van der Waals surface area contributed by atoms with E-state index < -0.39 is 5.97 Å². The molecule has 1 aromatic carbocycles. The Hall–Kier alpha value is -2.11. The molecule has 1 aliphatic rings. The lowest BCUT2D eigenvalue weighted by molar-refractivity contribution is 0.0474. The topological polar surface area (TPSA) is 57.5 Å². The van der Waals surface area contributed by atoms with Crippen molar-refractivity contribution in [1.29, 1.82) is 0 Å². The zero-order valence-electron chi connectivity index (χ0n) is 15.0. The number of ether oxygens (including phenoxy) is 2. The molecule has 0 aliphatic carbocycles. The fourth-order valence-electron chi connectivity index (χ4n) is 3.23. The van der Waals surface area contributed by atoms with Crippen LogP contribution in [0.2, 0.25) is 5.02 Å². The summed E-state index contributed by atoms with van der Waals surface area (Å²) in [5, 5.41) is 0.538. The first-order valence-corrected chi connectivity index (χ1v) is 9.07. The second-order valence-corrected chi connectivity index (χ2v) is 6.97. The lowest BCUT2D eigenvalue weighted by atomic mass is 10.1. The highest BCUT2D eigenvalue weighted by Crippen LogP contribution is 2.21. The van der Waals surface area contributed by atoms with E-state index >= 15 is 0 Å². The van der Waals surface area contributed by atoms with Gasteiger partial charge in [0.05, 0.1) is 11.7 Å². The molecule has 2 aromatic rings.